The average molecular weight is 427 g/mol. The number of unbranched alkanes of at least 4 members (excludes halogenated alkanes) is 3. The Balaban J connectivity index is 1.85. The van der Waals surface area contributed by atoms with Crippen molar-refractivity contribution in [1.29, 1.82) is 0 Å². The van der Waals surface area contributed by atoms with Gasteiger partial charge in [-0.15, -0.1) is 0 Å². The Morgan fingerprint density at radius 1 is 0.871 bits per heavy atom. The minimum atomic E-state index is -0.947. The molecule has 0 aliphatic rings. The lowest BCUT2D eigenvalue weighted by Crippen LogP contribution is -2.30. The Morgan fingerprint density at radius 3 is 2.10 bits per heavy atom. The van der Waals surface area contributed by atoms with E-state index in [2.05, 4.69) is 31.2 Å². The fourth-order valence-corrected chi connectivity index (χ4v) is 3.31. The number of rotatable bonds is 13. The molecule has 31 heavy (non-hydrogen) atoms. The molecule has 0 amide bonds. The summed E-state index contributed by atoms with van der Waals surface area (Å²) in [6, 6.07) is 16.6. The van der Waals surface area contributed by atoms with Crippen molar-refractivity contribution in [3.8, 4) is 16.9 Å². The predicted octanol–water partition coefficient (Wildman–Crippen LogP) is 5.74. The molecule has 0 unspecified atom stereocenters. The number of carbonyl (C=O) groups is 2. The van der Waals surface area contributed by atoms with Crippen molar-refractivity contribution in [2.75, 3.05) is 13.2 Å². The third kappa shape index (κ3) is 8.83. The summed E-state index contributed by atoms with van der Waals surface area (Å²) in [6.07, 6.45) is 5.52. The smallest absolute Gasteiger partial charge is 0.347 e. The zero-order valence-electron chi connectivity index (χ0n) is 18.9. The number of benzene rings is 2. The second kappa shape index (κ2) is 13.5. The van der Waals surface area contributed by atoms with Crippen LogP contribution in [0.2, 0.25) is 0 Å². The molecule has 5 heteroatoms. The summed E-state index contributed by atoms with van der Waals surface area (Å²) in [5, 5.41) is 0. The van der Waals surface area contributed by atoms with E-state index in [-0.39, 0.29) is 19.6 Å². The quantitative estimate of drug-likeness (QED) is 0.302. The molecule has 0 bridgehead atoms. The van der Waals surface area contributed by atoms with E-state index in [1.54, 1.807) is 6.92 Å². The molecular weight excluding hydrogens is 392 g/mol. The lowest BCUT2D eigenvalue weighted by Gasteiger charge is -2.16. The van der Waals surface area contributed by atoms with Crippen molar-refractivity contribution >= 4 is 11.9 Å². The third-order valence-corrected chi connectivity index (χ3v) is 4.97. The van der Waals surface area contributed by atoms with E-state index >= 15 is 0 Å². The van der Waals surface area contributed by atoms with Gasteiger partial charge in [0.2, 0.25) is 6.10 Å². The first-order valence-corrected chi connectivity index (χ1v) is 11.2. The van der Waals surface area contributed by atoms with Crippen molar-refractivity contribution in [2.45, 2.75) is 65.4 Å². The molecule has 2 aromatic rings. The van der Waals surface area contributed by atoms with Gasteiger partial charge in [-0.2, -0.15) is 0 Å². The maximum absolute atomic E-state index is 11.9. The van der Waals surface area contributed by atoms with Gasteiger partial charge in [0, 0.05) is 13.3 Å². The Kier molecular flexibility index (Phi) is 10.6. The minimum Gasteiger partial charge on any atom is -0.493 e. The molecule has 168 valence electrons. The van der Waals surface area contributed by atoms with Crippen LogP contribution in [0.15, 0.2) is 48.5 Å². The molecule has 0 heterocycles. The summed E-state index contributed by atoms with van der Waals surface area (Å²) >= 11 is 0. The van der Waals surface area contributed by atoms with Gasteiger partial charge in [0.05, 0.1) is 13.2 Å². The molecule has 5 nitrogen and oxygen atoms in total. The highest BCUT2D eigenvalue weighted by Gasteiger charge is 2.23. The number of ether oxygens (including phenoxy) is 3. The number of hydrogen-bond acceptors (Lipinski definition) is 5. The second-order valence-electron chi connectivity index (χ2n) is 7.52. The number of carbonyl (C=O) groups excluding carboxylic acids is 2. The Bertz CT molecular complexity index is 796. The molecule has 1 atom stereocenters. The SMILES string of the molecule is CCCCCCc1ccc(-c2ccc(OCC[C@H](OC(C)=O)C(=O)OCC)cc2)cc1. The molecule has 0 saturated carbocycles. The van der Waals surface area contributed by atoms with Crippen molar-refractivity contribution in [3.05, 3.63) is 54.1 Å². The van der Waals surface area contributed by atoms with Gasteiger partial charge in [0.15, 0.2) is 0 Å². The topological polar surface area (TPSA) is 61.8 Å². The van der Waals surface area contributed by atoms with Gasteiger partial charge in [-0.1, -0.05) is 62.6 Å². The first-order chi connectivity index (χ1) is 15.0. The van der Waals surface area contributed by atoms with Gasteiger partial charge < -0.3 is 14.2 Å². The van der Waals surface area contributed by atoms with E-state index in [1.807, 2.05) is 24.3 Å². The summed E-state index contributed by atoms with van der Waals surface area (Å²) in [7, 11) is 0. The summed E-state index contributed by atoms with van der Waals surface area (Å²) in [4.78, 5) is 23.1. The van der Waals surface area contributed by atoms with E-state index in [0.717, 1.165) is 12.0 Å². The maximum atomic E-state index is 11.9. The van der Waals surface area contributed by atoms with E-state index < -0.39 is 18.0 Å². The van der Waals surface area contributed by atoms with Crippen molar-refractivity contribution < 1.29 is 23.8 Å². The van der Waals surface area contributed by atoms with Crippen molar-refractivity contribution in [1.82, 2.24) is 0 Å². The average Bonchev–Trinajstić information content (AvgIpc) is 2.77. The van der Waals surface area contributed by atoms with Crippen LogP contribution in [0.3, 0.4) is 0 Å². The Hall–Kier alpha value is -2.82. The third-order valence-electron chi connectivity index (χ3n) is 4.97. The Labute approximate surface area is 185 Å². The highest BCUT2D eigenvalue weighted by atomic mass is 16.6. The van der Waals surface area contributed by atoms with Crippen LogP contribution >= 0.6 is 0 Å². The van der Waals surface area contributed by atoms with Crippen LogP contribution in [0.5, 0.6) is 5.75 Å². The van der Waals surface area contributed by atoms with Gasteiger partial charge in [0.25, 0.3) is 0 Å². The van der Waals surface area contributed by atoms with E-state index in [0.29, 0.717) is 5.75 Å². The van der Waals surface area contributed by atoms with E-state index in [4.69, 9.17) is 14.2 Å². The summed E-state index contributed by atoms with van der Waals surface area (Å²) in [5.41, 5.74) is 3.67. The molecule has 0 saturated heterocycles. The normalized spacial score (nSPS) is 11.6. The molecule has 0 aliphatic carbocycles. The van der Waals surface area contributed by atoms with Gasteiger partial charge in [-0.05, 0) is 48.6 Å². The lowest BCUT2D eigenvalue weighted by molar-refractivity contribution is -0.167. The van der Waals surface area contributed by atoms with Crippen LogP contribution < -0.4 is 4.74 Å². The number of esters is 2. The van der Waals surface area contributed by atoms with Crippen LogP contribution in [-0.2, 0) is 25.5 Å². The largest absolute Gasteiger partial charge is 0.493 e. The van der Waals surface area contributed by atoms with Crippen LogP contribution in [0.1, 0.15) is 58.4 Å². The molecule has 0 spiro atoms. The fourth-order valence-electron chi connectivity index (χ4n) is 3.31. The van der Waals surface area contributed by atoms with Crippen LogP contribution in [0, 0.1) is 0 Å². The van der Waals surface area contributed by atoms with Gasteiger partial charge in [0.1, 0.15) is 5.75 Å². The maximum Gasteiger partial charge on any atom is 0.347 e. The summed E-state index contributed by atoms with van der Waals surface area (Å²) in [5.74, 6) is -0.374. The molecule has 0 fully saturated rings. The molecule has 0 radical (unpaired) electrons. The van der Waals surface area contributed by atoms with Gasteiger partial charge >= 0.3 is 11.9 Å². The highest BCUT2D eigenvalue weighted by molar-refractivity contribution is 5.78. The predicted molar refractivity (Wildman–Crippen MR) is 122 cm³/mol. The van der Waals surface area contributed by atoms with Gasteiger partial charge in [-0.25, -0.2) is 4.79 Å². The Morgan fingerprint density at radius 2 is 1.52 bits per heavy atom. The van der Waals surface area contributed by atoms with Gasteiger partial charge in [-0.3, -0.25) is 4.79 Å². The standard InChI is InChI=1S/C26H34O5/c1-4-6-7-8-9-21-10-12-22(13-11-21)23-14-16-24(17-15-23)30-19-18-25(31-20(3)27)26(28)29-5-2/h10-17,25H,4-9,18-19H2,1-3H3/t25-/m0/s1. The molecule has 0 aromatic heterocycles. The van der Waals surface area contributed by atoms with Crippen LogP contribution in [0.25, 0.3) is 11.1 Å². The second-order valence-corrected chi connectivity index (χ2v) is 7.52. The minimum absolute atomic E-state index is 0.235. The molecule has 2 rings (SSSR count). The number of hydrogen-bond donors (Lipinski definition) is 0. The molecule has 0 N–H and O–H groups in total. The first-order valence-electron chi connectivity index (χ1n) is 11.2. The van der Waals surface area contributed by atoms with Crippen molar-refractivity contribution in [2.24, 2.45) is 0 Å². The summed E-state index contributed by atoms with van der Waals surface area (Å²) < 4.78 is 15.7. The van der Waals surface area contributed by atoms with Crippen molar-refractivity contribution in [3.63, 3.8) is 0 Å². The highest BCUT2D eigenvalue weighted by Crippen LogP contribution is 2.23. The zero-order valence-corrected chi connectivity index (χ0v) is 18.9. The van der Waals surface area contributed by atoms with Crippen LogP contribution in [0.4, 0.5) is 0 Å². The molecule has 2 aromatic carbocycles. The molecule has 0 aliphatic heterocycles. The van der Waals surface area contributed by atoms with E-state index in [1.165, 1.54) is 43.7 Å². The number of aryl methyl sites for hydroxylation is 1. The lowest BCUT2D eigenvalue weighted by atomic mass is 10.0. The fraction of sp³-hybridized carbons (Fsp3) is 0.462. The van der Waals surface area contributed by atoms with Crippen LogP contribution in [-0.4, -0.2) is 31.3 Å². The zero-order chi connectivity index (χ0) is 22.5. The first kappa shape index (κ1) is 24.4. The van der Waals surface area contributed by atoms with E-state index in [9.17, 15) is 9.59 Å². The summed E-state index contributed by atoms with van der Waals surface area (Å²) in [6.45, 7) is 5.68. The monoisotopic (exact) mass is 426 g/mol. The molecular formula is C26H34O5.